The van der Waals surface area contributed by atoms with E-state index in [1.54, 1.807) is 11.3 Å². The number of hydrogen-bond donors (Lipinski definition) is 1. The van der Waals surface area contributed by atoms with Gasteiger partial charge in [-0.3, -0.25) is 0 Å². The van der Waals surface area contributed by atoms with Gasteiger partial charge in [0.1, 0.15) is 0 Å². The van der Waals surface area contributed by atoms with Crippen LogP contribution in [-0.2, 0) is 0 Å². The number of nitrogens with one attached hydrogen (secondary N) is 1. The lowest BCUT2D eigenvalue weighted by molar-refractivity contribution is 0.674. The fraction of sp³-hybridized carbons (Fsp3) is 0.400. The summed E-state index contributed by atoms with van der Waals surface area (Å²) in [5.41, 5.74) is 4.92. The van der Waals surface area contributed by atoms with Crippen molar-refractivity contribution < 1.29 is 0 Å². The first kappa shape index (κ1) is 13.2. The molecule has 3 heteroatoms. The first-order valence-corrected chi connectivity index (χ1v) is 7.17. The van der Waals surface area contributed by atoms with Crippen LogP contribution in [0, 0.1) is 13.8 Å². The third kappa shape index (κ3) is 2.98. The van der Waals surface area contributed by atoms with Crippen LogP contribution >= 0.6 is 11.3 Å². The van der Waals surface area contributed by atoms with E-state index in [9.17, 15) is 0 Å². The summed E-state index contributed by atoms with van der Waals surface area (Å²) in [5.74, 6) is 0.472. The van der Waals surface area contributed by atoms with Crippen LogP contribution in [0.2, 0.25) is 0 Å². The van der Waals surface area contributed by atoms with Crippen molar-refractivity contribution in [1.29, 1.82) is 0 Å². The molecule has 0 aliphatic heterocycles. The summed E-state index contributed by atoms with van der Waals surface area (Å²) in [5, 5.41) is 6.57. The van der Waals surface area contributed by atoms with Crippen LogP contribution < -0.4 is 5.32 Å². The maximum atomic E-state index is 4.76. The molecule has 0 fully saturated rings. The van der Waals surface area contributed by atoms with Gasteiger partial charge in [-0.15, -0.1) is 11.3 Å². The maximum absolute atomic E-state index is 4.76. The molecule has 0 amide bonds. The Morgan fingerprint density at radius 1 is 1.22 bits per heavy atom. The van der Waals surface area contributed by atoms with Crippen molar-refractivity contribution in [3.8, 4) is 11.3 Å². The quantitative estimate of drug-likeness (QED) is 0.905. The van der Waals surface area contributed by atoms with E-state index >= 15 is 0 Å². The van der Waals surface area contributed by atoms with E-state index < -0.39 is 0 Å². The lowest BCUT2D eigenvalue weighted by Gasteiger charge is -2.06. The minimum atomic E-state index is 0.472. The highest BCUT2D eigenvalue weighted by atomic mass is 32.1. The van der Waals surface area contributed by atoms with E-state index in [2.05, 4.69) is 49.7 Å². The summed E-state index contributed by atoms with van der Waals surface area (Å²) in [7, 11) is 1.98. The van der Waals surface area contributed by atoms with E-state index in [1.807, 2.05) is 7.05 Å². The minimum Gasteiger partial charge on any atom is -0.319 e. The second-order valence-corrected chi connectivity index (χ2v) is 5.80. The van der Waals surface area contributed by atoms with Gasteiger partial charge < -0.3 is 5.32 Å². The molecule has 0 spiro atoms. The van der Waals surface area contributed by atoms with Crippen LogP contribution in [-0.4, -0.2) is 18.6 Å². The number of nitrogens with zero attached hydrogens (tertiary/aromatic N) is 1. The first-order valence-electron chi connectivity index (χ1n) is 6.29. The number of rotatable bonds is 4. The Morgan fingerprint density at radius 2 is 1.89 bits per heavy atom. The predicted molar refractivity (Wildman–Crippen MR) is 79.4 cm³/mol. The van der Waals surface area contributed by atoms with E-state index in [1.165, 1.54) is 21.7 Å². The summed E-state index contributed by atoms with van der Waals surface area (Å²) in [6, 6.07) is 6.60. The summed E-state index contributed by atoms with van der Waals surface area (Å²) in [6.45, 7) is 7.45. The normalized spacial score (nSPS) is 12.7. The van der Waals surface area contributed by atoms with Crippen molar-refractivity contribution in [3.05, 3.63) is 39.7 Å². The average Bonchev–Trinajstić information content (AvgIpc) is 2.77. The molecule has 0 saturated carbocycles. The number of hydrogen-bond acceptors (Lipinski definition) is 3. The van der Waals surface area contributed by atoms with Crippen LogP contribution in [0.1, 0.15) is 29.0 Å². The van der Waals surface area contributed by atoms with Gasteiger partial charge in [0.05, 0.1) is 10.7 Å². The smallest absolute Gasteiger partial charge is 0.0973 e. The zero-order chi connectivity index (χ0) is 13.1. The molecule has 0 saturated heterocycles. The molecule has 1 heterocycles. The van der Waals surface area contributed by atoms with Crippen molar-refractivity contribution in [2.45, 2.75) is 26.7 Å². The molecule has 1 aromatic carbocycles. The molecular weight excluding hydrogens is 240 g/mol. The van der Waals surface area contributed by atoms with Crippen LogP contribution in [0.3, 0.4) is 0 Å². The highest BCUT2D eigenvalue weighted by molar-refractivity contribution is 7.10. The van der Waals surface area contributed by atoms with Crippen LogP contribution in [0.15, 0.2) is 23.6 Å². The predicted octanol–water partition coefficient (Wildman–Crippen LogP) is 3.75. The van der Waals surface area contributed by atoms with Crippen LogP contribution in [0.5, 0.6) is 0 Å². The molecule has 0 aliphatic rings. The highest BCUT2D eigenvalue weighted by Gasteiger charge is 2.11. The Balaban J connectivity index is 2.29. The van der Waals surface area contributed by atoms with Crippen LogP contribution in [0.25, 0.3) is 11.3 Å². The topological polar surface area (TPSA) is 24.9 Å². The molecule has 1 N–H and O–H groups in total. The first-order chi connectivity index (χ1) is 8.60. The van der Waals surface area contributed by atoms with Crippen LogP contribution in [0.4, 0.5) is 0 Å². The SMILES string of the molecule is CNCC(C)c1nc(-c2cc(C)cc(C)c2)cs1. The number of likely N-dealkylation sites (N-methyl/N-ethyl adjacent to an activating group) is 1. The number of aromatic nitrogens is 1. The Labute approximate surface area is 113 Å². The summed E-state index contributed by atoms with van der Waals surface area (Å²) in [4.78, 5) is 4.76. The van der Waals surface area contributed by atoms with Gasteiger partial charge in [-0.05, 0) is 33.0 Å². The molecule has 1 atom stereocenters. The van der Waals surface area contributed by atoms with Crippen molar-refractivity contribution >= 4 is 11.3 Å². The van der Waals surface area contributed by atoms with Gasteiger partial charge in [0, 0.05) is 23.4 Å². The standard InChI is InChI=1S/C15H20N2S/c1-10-5-11(2)7-13(6-10)14-9-18-15(17-14)12(3)8-16-4/h5-7,9,12,16H,8H2,1-4H3. The van der Waals surface area contributed by atoms with E-state index in [0.717, 1.165) is 12.2 Å². The highest BCUT2D eigenvalue weighted by Crippen LogP contribution is 2.27. The number of benzene rings is 1. The van der Waals surface area contributed by atoms with Crippen molar-refractivity contribution in [2.24, 2.45) is 0 Å². The molecule has 0 bridgehead atoms. The zero-order valence-electron chi connectivity index (χ0n) is 11.4. The lowest BCUT2D eigenvalue weighted by atomic mass is 10.1. The Hall–Kier alpha value is -1.19. The molecular formula is C15H20N2S. The summed E-state index contributed by atoms with van der Waals surface area (Å²) in [6.07, 6.45) is 0. The fourth-order valence-electron chi connectivity index (χ4n) is 2.16. The summed E-state index contributed by atoms with van der Waals surface area (Å²) >= 11 is 1.75. The molecule has 2 aromatic rings. The number of thiazole rings is 1. The van der Waals surface area contributed by atoms with E-state index in [4.69, 9.17) is 4.98 Å². The van der Waals surface area contributed by atoms with E-state index in [0.29, 0.717) is 5.92 Å². The van der Waals surface area contributed by atoms with Gasteiger partial charge in [-0.25, -0.2) is 4.98 Å². The Morgan fingerprint density at radius 3 is 2.50 bits per heavy atom. The average molecular weight is 260 g/mol. The van der Waals surface area contributed by atoms with Crippen molar-refractivity contribution in [1.82, 2.24) is 10.3 Å². The molecule has 1 unspecified atom stereocenters. The Kier molecular flexibility index (Phi) is 4.15. The third-order valence-electron chi connectivity index (χ3n) is 2.97. The largest absolute Gasteiger partial charge is 0.319 e. The Bertz CT molecular complexity index is 511. The minimum absolute atomic E-state index is 0.472. The molecule has 18 heavy (non-hydrogen) atoms. The molecule has 1 aromatic heterocycles. The van der Waals surface area contributed by atoms with Gasteiger partial charge in [-0.2, -0.15) is 0 Å². The zero-order valence-corrected chi connectivity index (χ0v) is 12.3. The van der Waals surface area contributed by atoms with Crippen molar-refractivity contribution in [2.75, 3.05) is 13.6 Å². The maximum Gasteiger partial charge on any atom is 0.0973 e. The fourth-order valence-corrected chi connectivity index (χ4v) is 3.05. The van der Waals surface area contributed by atoms with Gasteiger partial charge in [0.15, 0.2) is 0 Å². The molecule has 0 radical (unpaired) electrons. The van der Waals surface area contributed by atoms with Gasteiger partial charge in [-0.1, -0.05) is 24.1 Å². The monoisotopic (exact) mass is 260 g/mol. The molecule has 96 valence electrons. The van der Waals surface area contributed by atoms with Crippen molar-refractivity contribution in [3.63, 3.8) is 0 Å². The lowest BCUT2D eigenvalue weighted by Crippen LogP contribution is -2.14. The molecule has 0 aliphatic carbocycles. The van der Waals surface area contributed by atoms with Gasteiger partial charge >= 0.3 is 0 Å². The number of aryl methyl sites for hydroxylation is 2. The molecule has 2 nitrogen and oxygen atoms in total. The second kappa shape index (κ2) is 5.63. The van der Waals surface area contributed by atoms with E-state index in [-0.39, 0.29) is 0 Å². The molecule has 2 rings (SSSR count). The third-order valence-corrected chi connectivity index (χ3v) is 4.05. The van der Waals surface area contributed by atoms with Gasteiger partial charge in [0.2, 0.25) is 0 Å². The summed E-state index contributed by atoms with van der Waals surface area (Å²) < 4.78 is 0. The van der Waals surface area contributed by atoms with Gasteiger partial charge in [0.25, 0.3) is 0 Å². The second-order valence-electron chi connectivity index (χ2n) is 4.91.